The van der Waals surface area contributed by atoms with Gasteiger partial charge in [0.25, 0.3) is 0 Å². The first-order valence-electron chi connectivity index (χ1n) is 11.5. The molecular formula is C29H38O4. The minimum Gasteiger partial charge on any atom is -0.507 e. The summed E-state index contributed by atoms with van der Waals surface area (Å²) >= 11 is 0. The van der Waals surface area contributed by atoms with Gasteiger partial charge in [-0.25, -0.2) is 4.79 Å². The Morgan fingerprint density at radius 2 is 1.67 bits per heavy atom. The molecule has 0 saturated carbocycles. The topological polar surface area (TPSA) is 66.8 Å². The Balaban J connectivity index is 2.78. The van der Waals surface area contributed by atoms with Gasteiger partial charge < -0.3 is 14.9 Å². The third kappa shape index (κ3) is 6.98. The molecule has 0 amide bonds. The van der Waals surface area contributed by atoms with Crippen LogP contribution in [0.1, 0.15) is 78.5 Å². The molecule has 0 fully saturated rings. The molecule has 0 heterocycles. The van der Waals surface area contributed by atoms with E-state index in [0.717, 1.165) is 34.9 Å². The van der Waals surface area contributed by atoms with Crippen LogP contribution in [0.15, 0.2) is 48.1 Å². The number of ether oxygens (including phenoxy) is 1. The second kappa shape index (κ2) is 10.3. The number of hydrogen-bond donors (Lipinski definition) is 2. The minimum absolute atomic E-state index is 0.0795. The lowest BCUT2D eigenvalue weighted by Gasteiger charge is -2.29. The van der Waals surface area contributed by atoms with E-state index in [4.69, 9.17) is 9.84 Å². The van der Waals surface area contributed by atoms with Crippen molar-refractivity contribution in [3.8, 4) is 22.6 Å². The van der Waals surface area contributed by atoms with Crippen molar-refractivity contribution in [3.63, 3.8) is 0 Å². The molecule has 0 aliphatic carbocycles. The van der Waals surface area contributed by atoms with Gasteiger partial charge in [0.2, 0.25) is 0 Å². The summed E-state index contributed by atoms with van der Waals surface area (Å²) in [6, 6.07) is 9.77. The molecule has 2 N–H and O–H groups in total. The van der Waals surface area contributed by atoms with Gasteiger partial charge in [-0.1, -0.05) is 72.8 Å². The largest absolute Gasteiger partial charge is 0.507 e. The maximum atomic E-state index is 10.9. The molecule has 0 aliphatic rings. The van der Waals surface area contributed by atoms with Gasteiger partial charge in [-0.15, -0.1) is 0 Å². The van der Waals surface area contributed by atoms with E-state index in [1.54, 1.807) is 19.1 Å². The first-order valence-corrected chi connectivity index (χ1v) is 11.5. The quantitative estimate of drug-likeness (QED) is 0.339. The van der Waals surface area contributed by atoms with E-state index in [9.17, 15) is 9.90 Å². The van der Waals surface area contributed by atoms with Crippen LogP contribution < -0.4 is 4.74 Å². The highest BCUT2D eigenvalue weighted by atomic mass is 16.5. The number of rotatable bonds is 7. The molecule has 0 aliphatic heterocycles. The molecule has 0 aromatic heterocycles. The van der Waals surface area contributed by atoms with Crippen LogP contribution in [0.2, 0.25) is 0 Å². The lowest BCUT2D eigenvalue weighted by molar-refractivity contribution is -0.131. The van der Waals surface area contributed by atoms with E-state index in [0.29, 0.717) is 17.7 Å². The SMILES string of the molecule is CCCOc1c(-c2cc(C=CC(C)=CC(=O)O)ccc2O)cc(C(C)(C)C)cc1C(C)(C)C. The number of benzene rings is 2. The lowest BCUT2D eigenvalue weighted by Crippen LogP contribution is -2.18. The summed E-state index contributed by atoms with van der Waals surface area (Å²) in [5, 5.41) is 19.8. The Hall–Kier alpha value is -3.01. The number of aromatic hydroxyl groups is 1. The van der Waals surface area contributed by atoms with Crippen molar-refractivity contribution < 1.29 is 19.7 Å². The van der Waals surface area contributed by atoms with Gasteiger partial charge in [-0.2, -0.15) is 0 Å². The predicted molar refractivity (Wildman–Crippen MR) is 137 cm³/mol. The highest BCUT2D eigenvalue weighted by Crippen LogP contribution is 2.45. The van der Waals surface area contributed by atoms with Gasteiger partial charge in [0, 0.05) is 22.8 Å². The van der Waals surface area contributed by atoms with E-state index in [1.807, 2.05) is 18.2 Å². The molecule has 4 nitrogen and oxygen atoms in total. The van der Waals surface area contributed by atoms with Crippen LogP contribution in [-0.2, 0) is 15.6 Å². The van der Waals surface area contributed by atoms with Crippen molar-refractivity contribution in [2.24, 2.45) is 0 Å². The second-order valence-corrected chi connectivity index (χ2v) is 10.6. The van der Waals surface area contributed by atoms with Crippen LogP contribution in [0.3, 0.4) is 0 Å². The zero-order chi connectivity index (χ0) is 25.0. The van der Waals surface area contributed by atoms with Crippen molar-refractivity contribution >= 4 is 12.0 Å². The Morgan fingerprint density at radius 1 is 1.00 bits per heavy atom. The fourth-order valence-corrected chi connectivity index (χ4v) is 3.52. The average Bonchev–Trinajstić information content (AvgIpc) is 2.69. The average molecular weight is 451 g/mol. The maximum Gasteiger partial charge on any atom is 0.328 e. The van der Waals surface area contributed by atoms with E-state index in [2.05, 4.69) is 60.6 Å². The molecule has 2 rings (SSSR count). The summed E-state index contributed by atoms with van der Waals surface area (Å²) in [4.78, 5) is 10.9. The predicted octanol–water partition coefficient (Wildman–Crippen LogP) is 7.49. The van der Waals surface area contributed by atoms with Crippen molar-refractivity contribution in [3.05, 3.63) is 64.7 Å². The molecule has 0 radical (unpaired) electrons. The molecule has 0 atom stereocenters. The molecule has 178 valence electrons. The van der Waals surface area contributed by atoms with Gasteiger partial charge in [-0.3, -0.25) is 0 Å². The Bertz CT molecular complexity index is 1060. The van der Waals surface area contributed by atoms with Crippen LogP contribution in [0, 0.1) is 0 Å². The van der Waals surface area contributed by atoms with Crippen LogP contribution >= 0.6 is 0 Å². The zero-order valence-corrected chi connectivity index (χ0v) is 21.2. The van der Waals surface area contributed by atoms with E-state index in [1.165, 1.54) is 5.56 Å². The molecule has 2 aromatic carbocycles. The van der Waals surface area contributed by atoms with Crippen LogP contribution in [0.5, 0.6) is 11.5 Å². The molecule has 0 saturated heterocycles. The first kappa shape index (κ1) is 26.2. The Kier molecular flexibility index (Phi) is 8.18. The Morgan fingerprint density at radius 3 is 2.21 bits per heavy atom. The fourth-order valence-electron chi connectivity index (χ4n) is 3.52. The number of hydrogen-bond acceptors (Lipinski definition) is 3. The fraction of sp³-hybridized carbons (Fsp3) is 0.414. The molecule has 4 heteroatoms. The second-order valence-electron chi connectivity index (χ2n) is 10.6. The van der Waals surface area contributed by atoms with Crippen molar-refractivity contribution in [1.29, 1.82) is 0 Å². The van der Waals surface area contributed by atoms with Crippen molar-refractivity contribution in [1.82, 2.24) is 0 Å². The monoisotopic (exact) mass is 450 g/mol. The minimum atomic E-state index is -0.977. The summed E-state index contributed by atoms with van der Waals surface area (Å²) < 4.78 is 6.30. The highest BCUT2D eigenvalue weighted by molar-refractivity contribution is 5.82. The van der Waals surface area contributed by atoms with Gasteiger partial charge in [0.15, 0.2) is 0 Å². The molecular weight excluding hydrogens is 412 g/mol. The number of carboxylic acid groups (broad SMARTS) is 1. The zero-order valence-electron chi connectivity index (χ0n) is 21.2. The Labute approximate surface area is 198 Å². The summed E-state index contributed by atoms with van der Waals surface area (Å²) in [7, 11) is 0. The molecule has 0 unspecified atom stereocenters. The number of aliphatic carboxylic acids is 1. The van der Waals surface area contributed by atoms with Crippen molar-refractivity contribution in [2.45, 2.75) is 72.6 Å². The number of allylic oxidation sites excluding steroid dienone is 2. The van der Waals surface area contributed by atoms with Gasteiger partial charge in [0.1, 0.15) is 11.5 Å². The van der Waals surface area contributed by atoms with Gasteiger partial charge in [0.05, 0.1) is 6.61 Å². The third-order valence-electron chi connectivity index (χ3n) is 5.41. The van der Waals surface area contributed by atoms with E-state index >= 15 is 0 Å². The third-order valence-corrected chi connectivity index (χ3v) is 5.41. The summed E-state index contributed by atoms with van der Waals surface area (Å²) in [6.07, 6.45) is 5.65. The van der Waals surface area contributed by atoms with E-state index < -0.39 is 5.97 Å². The normalized spacial score (nSPS) is 12.9. The van der Waals surface area contributed by atoms with Crippen molar-refractivity contribution in [2.75, 3.05) is 6.61 Å². The number of carboxylic acids is 1. The summed E-state index contributed by atoms with van der Waals surface area (Å²) in [5.74, 6) is 0.00270. The smallest absolute Gasteiger partial charge is 0.328 e. The molecule has 0 spiro atoms. The van der Waals surface area contributed by atoms with Crippen LogP contribution in [0.25, 0.3) is 17.2 Å². The van der Waals surface area contributed by atoms with Gasteiger partial charge in [-0.05, 0) is 59.1 Å². The van der Waals surface area contributed by atoms with E-state index in [-0.39, 0.29) is 16.6 Å². The van der Waals surface area contributed by atoms with Gasteiger partial charge >= 0.3 is 5.97 Å². The summed E-state index contributed by atoms with van der Waals surface area (Å²) in [6.45, 7) is 17.5. The first-order chi connectivity index (χ1) is 15.2. The number of carbonyl (C=O) groups is 1. The standard InChI is InChI=1S/C29H38O4/c1-9-14-33-27-23(17-21(28(3,4)5)18-24(27)29(6,7)8)22-16-20(12-13-25(22)30)11-10-19(2)15-26(31)32/h10-13,15-18,30H,9,14H2,1-8H3,(H,31,32). The molecule has 2 aromatic rings. The number of phenols is 1. The van der Waals surface area contributed by atoms with Crippen LogP contribution in [0.4, 0.5) is 0 Å². The molecule has 0 bridgehead atoms. The molecule has 33 heavy (non-hydrogen) atoms. The highest BCUT2D eigenvalue weighted by Gasteiger charge is 2.27. The summed E-state index contributed by atoms with van der Waals surface area (Å²) in [5.41, 5.74) is 5.11. The van der Waals surface area contributed by atoms with Crippen LogP contribution in [-0.4, -0.2) is 22.8 Å². The number of phenolic OH excluding ortho intramolecular Hbond substituents is 1. The maximum absolute atomic E-state index is 10.9. The lowest BCUT2D eigenvalue weighted by atomic mass is 9.78.